The molecule has 0 saturated heterocycles. The van der Waals surface area contributed by atoms with Gasteiger partial charge < -0.3 is 0 Å². The molecule has 0 radical (unpaired) electrons. The fraction of sp³-hybridized carbons (Fsp3) is 0.0526. The molecule has 4 aromatic rings. The predicted octanol–water partition coefficient (Wildman–Crippen LogP) is 5.31. The number of benzene rings is 2. The second kappa shape index (κ2) is 7.75. The molecule has 0 unspecified atom stereocenters. The average molecular weight is 443 g/mol. The third-order valence-corrected chi connectivity index (χ3v) is 6.04. The Bertz CT molecular complexity index is 1010. The Kier molecular flexibility index (Phi) is 5.21. The summed E-state index contributed by atoms with van der Waals surface area (Å²) in [6.07, 6.45) is 2.87. The molecule has 4 rings (SSSR count). The number of halogens is 1. The van der Waals surface area contributed by atoms with Gasteiger partial charge in [0.15, 0.2) is 0 Å². The van der Waals surface area contributed by atoms with Crippen molar-refractivity contribution in [2.24, 2.45) is 5.14 Å². The van der Waals surface area contributed by atoms with Crippen LogP contribution in [0.1, 0.15) is 11.1 Å². The van der Waals surface area contributed by atoms with E-state index in [9.17, 15) is 0 Å². The lowest BCUT2D eigenvalue weighted by Gasteiger charge is -2.04. The highest BCUT2D eigenvalue weighted by molar-refractivity contribution is 9.10. The molecule has 130 valence electrons. The van der Waals surface area contributed by atoms with Gasteiger partial charge in [0.25, 0.3) is 0 Å². The van der Waals surface area contributed by atoms with E-state index in [1.807, 2.05) is 40.4 Å². The van der Waals surface area contributed by atoms with Crippen molar-refractivity contribution in [2.45, 2.75) is 11.3 Å². The topological polar surface area (TPSA) is 56.7 Å². The van der Waals surface area contributed by atoms with E-state index in [1.54, 1.807) is 11.3 Å². The Hall–Kier alpha value is -1.93. The summed E-state index contributed by atoms with van der Waals surface area (Å²) in [4.78, 5) is 5.53. The molecule has 0 bridgehead atoms. The minimum absolute atomic E-state index is 0.798. The van der Waals surface area contributed by atoms with E-state index in [-0.39, 0.29) is 0 Å². The molecule has 26 heavy (non-hydrogen) atoms. The van der Waals surface area contributed by atoms with Crippen LogP contribution in [0.25, 0.3) is 16.4 Å². The van der Waals surface area contributed by atoms with Crippen LogP contribution in [0.4, 0.5) is 0 Å². The van der Waals surface area contributed by atoms with Crippen LogP contribution < -0.4 is 5.14 Å². The van der Waals surface area contributed by atoms with Crippen LogP contribution in [0, 0.1) is 0 Å². The van der Waals surface area contributed by atoms with E-state index in [0.717, 1.165) is 37.9 Å². The fourth-order valence-corrected chi connectivity index (χ4v) is 4.20. The Morgan fingerprint density at radius 3 is 2.50 bits per heavy atom. The number of hydrogen-bond donors (Lipinski definition) is 1. The van der Waals surface area contributed by atoms with Gasteiger partial charge in [-0.2, -0.15) is 5.10 Å². The Labute approximate surface area is 168 Å². The largest absolute Gasteiger partial charge is 0.274 e. The molecule has 0 spiro atoms. The van der Waals surface area contributed by atoms with Crippen molar-refractivity contribution in [1.29, 1.82) is 0 Å². The van der Waals surface area contributed by atoms with Crippen molar-refractivity contribution in [2.75, 3.05) is 0 Å². The quantitative estimate of drug-likeness (QED) is 0.425. The van der Waals surface area contributed by atoms with Gasteiger partial charge in [-0.05, 0) is 45.6 Å². The van der Waals surface area contributed by atoms with E-state index in [1.165, 1.54) is 17.5 Å². The van der Waals surface area contributed by atoms with Crippen molar-refractivity contribution in [3.8, 4) is 16.4 Å². The standard InChI is InChI=1S/C19H15BrN4S2/c20-17-12-25-19(22-17)24-11-15(10-13-6-8-16(26-21)9-7-13)18(23-24)14-4-2-1-3-5-14/h1-9,11-12H,10,21H2. The van der Waals surface area contributed by atoms with E-state index >= 15 is 0 Å². The third kappa shape index (κ3) is 3.76. The summed E-state index contributed by atoms with van der Waals surface area (Å²) in [6, 6.07) is 18.6. The van der Waals surface area contributed by atoms with Crippen LogP contribution in [0.2, 0.25) is 0 Å². The number of hydrogen-bond acceptors (Lipinski definition) is 5. The van der Waals surface area contributed by atoms with Gasteiger partial charge in [-0.1, -0.05) is 42.5 Å². The van der Waals surface area contributed by atoms with Crippen molar-refractivity contribution >= 4 is 39.2 Å². The molecule has 0 aliphatic rings. The normalized spacial score (nSPS) is 11.0. The Morgan fingerprint density at radius 2 is 1.85 bits per heavy atom. The summed E-state index contributed by atoms with van der Waals surface area (Å²) in [5.74, 6) is 0. The summed E-state index contributed by atoms with van der Waals surface area (Å²) in [6.45, 7) is 0. The molecule has 0 aliphatic heterocycles. The highest BCUT2D eigenvalue weighted by atomic mass is 79.9. The summed E-state index contributed by atoms with van der Waals surface area (Å²) >= 11 is 6.23. The maximum atomic E-state index is 5.62. The number of nitrogens with two attached hydrogens (primary N) is 1. The number of rotatable bonds is 5. The molecule has 0 amide bonds. The van der Waals surface area contributed by atoms with Gasteiger partial charge in [-0.25, -0.2) is 9.67 Å². The summed E-state index contributed by atoms with van der Waals surface area (Å²) in [5, 5.41) is 13.2. The second-order valence-corrected chi connectivity index (χ2v) is 8.06. The van der Waals surface area contributed by atoms with E-state index < -0.39 is 0 Å². The van der Waals surface area contributed by atoms with Gasteiger partial charge in [-0.3, -0.25) is 5.14 Å². The zero-order valence-electron chi connectivity index (χ0n) is 13.7. The zero-order chi connectivity index (χ0) is 17.9. The first-order valence-electron chi connectivity index (χ1n) is 7.94. The molecule has 0 atom stereocenters. The highest BCUT2D eigenvalue weighted by Gasteiger charge is 2.14. The lowest BCUT2D eigenvalue weighted by molar-refractivity contribution is 0.870. The number of nitrogens with zero attached hydrogens (tertiary/aromatic N) is 3. The van der Waals surface area contributed by atoms with Crippen LogP contribution in [-0.2, 0) is 6.42 Å². The fourth-order valence-electron chi connectivity index (χ4n) is 2.73. The molecule has 0 fully saturated rings. The molecule has 7 heteroatoms. The van der Waals surface area contributed by atoms with Crippen LogP contribution in [0.15, 0.2) is 75.7 Å². The van der Waals surface area contributed by atoms with Crippen molar-refractivity contribution < 1.29 is 0 Å². The first-order chi connectivity index (χ1) is 12.7. The van der Waals surface area contributed by atoms with E-state index in [4.69, 9.17) is 10.2 Å². The Balaban J connectivity index is 1.74. The Morgan fingerprint density at radius 1 is 1.08 bits per heavy atom. The minimum atomic E-state index is 0.798. The summed E-state index contributed by atoms with van der Waals surface area (Å²) in [7, 11) is 0. The average Bonchev–Trinajstić information content (AvgIpc) is 3.29. The third-order valence-electron chi connectivity index (χ3n) is 3.95. The summed E-state index contributed by atoms with van der Waals surface area (Å²) in [5.41, 5.74) is 4.47. The molecule has 0 aliphatic carbocycles. The van der Waals surface area contributed by atoms with Gasteiger partial charge in [0, 0.05) is 34.0 Å². The first-order valence-corrected chi connectivity index (χ1v) is 10.5. The van der Waals surface area contributed by atoms with Crippen molar-refractivity contribution in [3.63, 3.8) is 0 Å². The summed E-state index contributed by atoms with van der Waals surface area (Å²) < 4.78 is 2.68. The van der Waals surface area contributed by atoms with Crippen LogP contribution >= 0.6 is 39.2 Å². The van der Waals surface area contributed by atoms with Gasteiger partial charge in [-0.15, -0.1) is 11.3 Å². The van der Waals surface area contributed by atoms with Gasteiger partial charge in [0.1, 0.15) is 4.60 Å². The number of thiazole rings is 1. The van der Waals surface area contributed by atoms with E-state index in [2.05, 4.69) is 51.4 Å². The molecular formula is C19H15BrN4S2. The van der Waals surface area contributed by atoms with Gasteiger partial charge in [0.2, 0.25) is 5.13 Å². The lowest BCUT2D eigenvalue weighted by Crippen LogP contribution is -1.93. The van der Waals surface area contributed by atoms with Crippen molar-refractivity contribution in [3.05, 3.63) is 81.9 Å². The zero-order valence-corrected chi connectivity index (χ0v) is 16.9. The molecule has 2 aromatic heterocycles. The molecule has 4 nitrogen and oxygen atoms in total. The monoisotopic (exact) mass is 442 g/mol. The van der Waals surface area contributed by atoms with Crippen LogP contribution in [0.3, 0.4) is 0 Å². The molecule has 2 aromatic carbocycles. The van der Waals surface area contributed by atoms with Crippen LogP contribution in [-0.4, -0.2) is 14.8 Å². The van der Waals surface area contributed by atoms with E-state index in [0.29, 0.717) is 0 Å². The predicted molar refractivity (Wildman–Crippen MR) is 112 cm³/mol. The molecule has 2 N–H and O–H groups in total. The molecule has 2 heterocycles. The maximum Gasteiger partial charge on any atom is 0.211 e. The minimum Gasteiger partial charge on any atom is -0.274 e. The first kappa shape index (κ1) is 17.5. The van der Waals surface area contributed by atoms with Gasteiger partial charge in [0.05, 0.1) is 5.69 Å². The number of aromatic nitrogens is 3. The SMILES string of the molecule is NSc1ccc(Cc2cn(-c3nc(Br)cs3)nc2-c2ccccc2)cc1. The second-order valence-electron chi connectivity index (χ2n) is 5.70. The van der Waals surface area contributed by atoms with Gasteiger partial charge >= 0.3 is 0 Å². The molecular weight excluding hydrogens is 428 g/mol. The van der Waals surface area contributed by atoms with Crippen LogP contribution in [0.5, 0.6) is 0 Å². The lowest BCUT2D eigenvalue weighted by atomic mass is 10.0. The smallest absolute Gasteiger partial charge is 0.211 e. The highest BCUT2D eigenvalue weighted by Crippen LogP contribution is 2.27. The maximum absolute atomic E-state index is 5.62. The molecule has 0 saturated carbocycles. The van der Waals surface area contributed by atoms with Crippen molar-refractivity contribution in [1.82, 2.24) is 14.8 Å².